The third-order valence-electron chi connectivity index (χ3n) is 2.78. The molecule has 1 aromatic carbocycles. The van der Waals surface area contributed by atoms with E-state index >= 15 is 0 Å². The van der Waals surface area contributed by atoms with Crippen LogP contribution < -0.4 is 5.43 Å². The van der Waals surface area contributed by atoms with Crippen molar-refractivity contribution >= 4 is 23.7 Å². The van der Waals surface area contributed by atoms with Gasteiger partial charge in [0, 0.05) is 11.3 Å². The number of nitrogens with zero attached hydrogens (tertiary/aromatic N) is 3. The third-order valence-corrected chi connectivity index (χ3v) is 3.11. The molecule has 110 valence electrons. The second-order valence-electron chi connectivity index (χ2n) is 4.51. The van der Waals surface area contributed by atoms with Crippen molar-refractivity contribution in [2.24, 2.45) is 5.10 Å². The van der Waals surface area contributed by atoms with Gasteiger partial charge in [-0.3, -0.25) is 9.48 Å². The van der Waals surface area contributed by atoms with Crippen LogP contribution >= 0.6 is 11.6 Å². The minimum atomic E-state index is -0.501. The first-order valence-electron chi connectivity index (χ1n) is 6.24. The molecule has 0 aliphatic rings. The van der Waals surface area contributed by atoms with Crippen LogP contribution in [0.3, 0.4) is 0 Å². The third kappa shape index (κ3) is 3.88. The van der Waals surface area contributed by atoms with Crippen molar-refractivity contribution in [2.45, 2.75) is 20.4 Å². The summed E-state index contributed by atoms with van der Waals surface area (Å²) in [6.45, 7) is 3.75. The zero-order valence-electron chi connectivity index (χ0n) is 11.6. The molecule has 1 aromatic heterocycles. The number of benzene rings is 1. The summed E-state index contributed by atoms with van der Waals surface area (Å²) < 4.78 is 15.0. The van der Waals surface area contributed by atoms with Crippen molar-refractivity contribution in [3.8, 4) is 0 Å². The number of aromatic nitrogens is 2. The first-order valence-corrected chi connectivity index (χ1v) is 6.62. The molecule has 0 aliphatic carbocycles. The van der Waals surface area contributed by atoms with Crippen molar-refractivity contribution < 1.29 is 9.18 Å². The summed E-state index contributed by atoms with van der Waals surface area (Å²) in [5.41, 5.74) is 4.16. The standard InChI is InChI=1S/C14H14ClFN4O/c1-9-6-10(2)20(19-9)8-14(21)18-17-7-11-12(15)4-3-5-13(11)16/h3-7H,8H2,1-2H3,(H,18,21)/b17-7+. The summed E-state index contributed by atoms with van der Waals surface area (Å²) in [6.07, 6.45) is 1.18. The lowest BCUT2D eigenvalue weighted by Gasteiger charge is -2.03. The number of hydrazone groups is 1. The zero-order valence-corrected chi connectivity index (χ0v) is 12.4. The van der Waals surface area contributed by atoms with Crippen LogP contribution in [0.4, 0.5) is 4.39 Å². The van der Waals surface area contributed by atoms with Gasteiger partial charge in [-0.2, -0.15) is 10.2 Å². The second kappa shape index (κ2) is 6.49. The van der Waals surface area contributed by atoms with Crippen molar-refractivity contribution in [3.63, 3.8) is 0 Å². The molecule has 0 spiro atoms. The van der Waals surface area contributed by atoms with Gasteiger partial charge in [-0.15, -0.1) is 0 Å². The van der Waals surface area contributed by atoms with Crippen LogP contribution in [0.2, 0.25) is 5.02 Å². The fourth-order valence-corrected chi connectivity index (χ4v) is 2.02. The van der Waals surface area contributed by atoms with Gasteiger partial charge in [0.05, 0.1) is 16.9 Å². The molecule has 7 heteroatoms. The Morgan fingerprint density at radius 1 is 1.52 bits per heavy atom. The summed E-state index contributed by atoms with van der Waals surface area (Å²) in [5.74, 6) is -0.857. The maximum atomic E-state index is 13.5. The number of hydrogen-bond acceptors (Lipinski definition) is 3. The van der Waals surface area contributed by atoms with Crippen LogP contribution in [0.5, 0.6) is 0 Å². The van der Waals surface area contributed by atoms with Gasteiger partial charge in [0.25, 0.3) is 5.91 Å². The number of rotatable bonds is 4. The number of aryl methyl sites for hydroxylation is 2. The molecule has 0 radical (unpaired) electrons. The van der Waals surface area contributed by atoms with Crippen LogP contribution in [0.25, 0.3) is 0 Å². The monoisotopic (exact) mass is 308 g/mol. The summed E-state index contributed by atoms with van der Waals surface area (Å²) in [5, 5.41) is 8.10. The van der Waals surface area contributed by atoms with E-state index in [0.717, 1.165) is 11.4 Å². The zero-order chi connectivity index (χ0) is 15.4. The van der Waals surface area contributed by atoms with Crippen molar-refractivity contribution in [1.82, 2.24) is 15.2 Å². The van der Waals surface area contributed by atoms with Crippen molar-refractivity contribution in [1.29, 1.82) is 0 Å². The van der Waals surface area contributed by atoms with E-state index < -0.39 is 5.82 Å². The number of carbonyl (C=O) groups is 1. The first-order chi connectivity index (χ1) is 9.97. The minimum absolute atomic E-state index is 0.0437. The summed E-state index contributed by atoms with van der Waals surface area (Å²) >= 11 is 5.84. The van der Waals surface area contributed by atoms with E-state index in [0.29, 0.717) is 0 Å². The predicted octanol–water partition coefficient (Wildman–Crippen LogP) is 2.44. The maximum Gasteiger partial charge on any atom is 0.261 e. The summed E-state index contributed by atoms with van der Waals surface area (Å²) in [7, 11) is 0. The van der Waals surface area contributed by atoms with Crippen LogP contribution in [0.15, 0.2) is 29.4 Å². The van der Waals surface area contributed by atoms with E-state index in [1.54, 1.807) is 10.7 Å². The quantitative estimate of drug-likeness (QED) is 0.696. The number of hydrogen-bond donors (Lipinski definition) is 1. The fraction of sp³-hybridized carbons (Fsp3) is 0.214. The highest BCUT2D eigenvalue weighted by molar-refractivity contribution is 6.33. The maximum absolute atomic E-state index is 13.5. The molecular formula is C14H14ClFN4O. The van der Waals surface area contributed by atoms with Gasteiger partial charge < -0.3 is 0 Å². The van der Waals surface area contributed by atoms with Gasteiger partial charge in [0.2, 0.25) is 0 Å². The predicted molar refractivity (Wildman–Crippen MR) is 78.8 cm³/mol. The largest absolute Gasteiger partial charge is 0.271 e. The molecule has 0 unspecified atom stereocenters. The topological polar surface area (TPSA) is 59.3 Å². The fourth-order valence-electron chi connectivity index (χ4n) is 1.81. The van der Waals surface area contributed by atoms with Gasteiger partial charge in [0.15, 0.2) is 0 Å². The highest BCUT2D eigenvalue weighted by Crippen LogP contribution is 2.16. The molecular weight excluding hydrogens is 295 g/mol. The molecule has 0 bridgehead atoms. The lowest BCUT2D eigenvalue weighted by atomic mass is 10.2. The number of carbonyl (C=O) groups excluding carboxylic acids is 1. The molecule has 1 heterocycles. The Morgan fingerprint density at radius 2 is 2.29 bits per heavy atom. The van der Waals surface area contributed by atoms with Crippen LogP contribution in [-0.4, -0.2) is 21.9 Å². The SMILES string of the molecule is Cc1cc(C)n(CC(=O)N/N=C/c2c(F)cccc2Cl)n1. The molecule has 0 aliphatic heterocycles. The molecule has 21 heavy (non-hydrogen) atoms. The van der Waals surface area contributed by atoms with Gasteiger partial charge in [-0.25, -0.2) is 9.82 Å². The lowest BCUT2D eigenvalue weighted by molar-refractivity contribution is -0.121. The Hall–Kier alpha value is -2.21. The van der Waals surface area contributed by atoms with E-state index in [2.05, 4.69) is 15.6 Å². The summed E-state index contributed by atoms with van der Waals surface area (Å²) in [6, 6.07) is 6.18. The van der Waals surface area contributed by atoms with Crippen molar-refractivity contribution in [2.75, 3.05) is 0 Å². The molecule has 0 fully saturated rings. The normalized spacial score (nSPS) is 11.0. The Balaban J connectivity index is 1.98. The smallest absolute Gasteiger partial charge is 0.261 e. The Kier molecular flexibility index (Phi) is 4.70. The molecule has 0 saturated carbocycles. The Bertz CT molecular complexity index is 676. The van der Waals surface area contributed by atoms with Gasteiger partial charge in [-0.05, 0) is 32.0 Å². The Labute approximate surface area is 126 Å². The lowest BCUT2D eigenvalue weighted by Crippen LogP contribution is -2.24. The van der Waals surface area contributed by atoms with Crippen molar-refractivity contribution in [3.05, 3.63) is 52.1 Å². The van der Waals surface area contributed by atoms with E-state index in [1.807, 2.05) is 19.9 Å². The molecule has 5 nitrogen and oxygen atoms in total. The van der Waals surface area contributed by atoms with E-state index in [1.165, 1.54) is 18.3 Å². The van der Waals surface area contributed by atoms with E-state index in [-0.39, 0.29) is 23.0 Å². The van der Waals surface area contributed by atoms with Gasteiger partial charge >= 0.3 is 0 Å². The Morgan fingerprint density at radius 3 is 2.90 bits per heavy atom. The second-order valence-corrected chi connectivity index (χ2v) is 4.92. The van der Waals surface area contributed by atoms with Gasteiger partial charge in [0.1, 0.15) is 12.4 Å². The van der Waals surface area contributed by atoms with Crippen LogP contribution in [0, 0.1) is 19.7 Å². The molecule has 0 saturated heterocycles. The number of amides is 1. The molecule has 1 N–H and O–H groups in total. The molecule has 1 amide bonds. The molecule has 2 rings (SSSR count). The highest BCUT2D eigenvalue weighted by atomic mass is 35.5. The number of nitrogens with one attached hydrogen (secondary N) is 1. The first kappa shape index (κ1) is 15.2. The van der Waals surface area contributed by atoms with Crippen LogP contribution in [-0.2, 0) is 11.3 Å². The van der Waals surface area contributed by atoms with E-state index in [9.17, 15) is 9.18 Å². The summed E-state index contributed by atoms with van der Waals surface area (Å²) in [4.78, 5) is 11.7. The molecule has 2 aromatic rings. The minimum Gasteiger partial charge on any atom is -0.271 e. The number of halogens is 2. The van der Waals surface area contributed by atoms with Gasteiger partial charge in [-0.1, -0.05) is 17.7 Å². The average Bonchev–Trinajstić information content (AvgIpc) is 2.71. The molecule has 0 atom stereocenters. The average molecular weight is 309 g/mol. The highest BCUT2D eigenvalue weighted by Gasteiger charge is 2.07. The van der Waals surface area contributed by atoms with E-state index in [4.69, 9.17) is 11.6 Å². The van der Waals surface area contributed by atoms with Crippen LogP contribution in [0.1, 0.15) is 17.0 Å².